The molecule has 4 nitrogen and oxygen atoms in total. The van der Waals surface area contributed by atoms with Gasteiger partial charge in [-0.05, 0) is 32.1 Å². The molecule has 0 aliphatic carbocycles. The number of rotatable bonds is 15. The summed E-state index contributed by atoms with van der Waals surface area (Å²) >= 11 is 0. The van der Waals surface area contributed by atoms with Crippen molar-refractivity contribution < 1.29 is 19.7 Å². The van der Waals surface area contributed by atoms with Gasteiger partial charge in [0.15, 0.2) is 0 Å². The molecule has 0 fully saturated rings. The fourth-order valence-corrected chi connectivity index (χ4v) is 2.12. The quantitative estimate of drug-likeness (QED) is 0.274. The third kappa shape index (κ3) is 15.5. The van der Waals surface area contributed by atoms with Gasteiger partial charge in [-0.25, -0.2) is 0 Å². The number of ether oxygens (including phenoxy) is 1. The van der Waals surface area contributed by atoms with E-state index in [4.69, 9.17) is 14.9 Å². The molecular weight excluding hydrogens is 280 g/mol. The molecule has 0 saturated carbocycles. The summed E-state index contributed by atoms with van der Waals surface area (Å²) in [7, 11) is 0. The molecule has 0 aliphatic heterocycles. The summed E-state index contributed by atoms with van der Waals surface area (Å²) in [6.45, 7) is 1.74. The first-order chi connectivity index (χ1) is 10.7. The second kappa shape index (κ2) is 16.5. The number of aliphatic hydroxyl groups is 2. The zero-order valence-electron chi connectivity index (χ0n) is 14.1. The number of carbonyl (C=O) groups is 1. The Bertz CT molecular complexity index is 276. The maximum absolute atomic E-state index is 11.3. The highest BCUT2D eigenvalue weighted by Gasteiger charge is 2.07. The van der Waals surface area contributed by atoms with Crippen LogP contribution >= 0.6 is 0 Å². The molecule has 0 bridgehead atoms. The standard InChI is InChI=1S/C18H34O4/c1-2-3-4-5-6-7-8-9-10-11-12-13-14-18(21)22-16-17(20)15-19/h8-9,17,19-20H,2-7,10-16H2,1H3/b9-8-/t17-/m1/s1. The van der Waals surface area contributed by atoms with Crippen molar-refractivity contribution in [2.24, 2.45) is 0 Å². The molecule has 1 atom stereocenters. The van der Waals surface area contributed by atoms with Gasteiger partial charge in [0.05, 0.1) is 6.61 Å². The largest absolute Gasteiger partial charge is 0.463 e. The molecule has 0 aliphatic rings. The minimum Gasteiger partial charge on any atom is -0.463 e. The summed E-state index contributed by atoms with van der Waals surface area (Å²) in [6.07, 6.45) is 15.8. The Morgan fingerprint density at radius 1 is 1.00 bits per heavy atom. The van der Waals surface area contributed by atoms with Gasteiger partial charge in [0, 0.05) is 6.42 Å². The molecule has 130 valence electrons. The van der Waals surface area contributed by atoms with Gasteiger partial charge in [0.1, 0.15) is 12.7 Å². The normalized spacial score (nSPS) is 12.7. The minimum atomic E-state index is -0.962. The zero-order chi connectivity index (χ0) is 16.5. The van der Waals surface area contributed by atoms with Crippen LogP contribution in [0.25, 0.3) is 0 Å². The van der Waals surface area contributed by atoms with Crippen LogP contribution in [0.15, 0.2) is 12.2 Å². The molecule has 0 aromatic heterocycles. The summed E-state index contributed by atoms with van der Waals surface area (Å²) in [4.78, 5) is 11.3. The molecule has 0 heterocycles. The highest BCUT2D eigenvalue weighted by Crippen LogP contribution is 2.08. The molecule has 0 saturated heterocycles. The number of hydrogen-bond donors (Lipinski definition) is 2. The molecule has 22 heavy (non-hydrogen) atoms. The Kier molecular flexibility index (Phi) is 15.8. The van der Waals surface area contributed by atoms with Crippen LogP contribution in [0.3, 0.4) is 0 Å². The Labute approximate surface area is 135 Å². The number of allylic oxidation sites excluding steroid dienone is 2. The Balaban J connectivity index is 3.26. The lowest BCUT2D eigenvalue weighted by Gasteiger charge is -2.08. The molecule has 0 radical (unpaired) electrons. The average molecular weight is 314 g/mol. The second-order valence-corrected chi connectivity index (χ2v) is 5.79. The van der Waals surface area contributed by atoms with Crippen LogP contribution in [0, 0.1) is 0 Å². The smallest absolute Gasteiger partial charge is 0.305 e. The summed E-state index contributed by atoms with van der Waals surface area (Å²) in [5.41, 5.74) is 0. The van der Waals surface area contributed by atoms with Crippen molar-refractivity contribution in [2.75, 3.05) is 13.2 Å². The van der Waals surface area contributed by atoms with E-state index >= 15 is 0 Å². The van der Waals surface area contributed by atoms with Crippen LogP contribution < -0.4 is 0 Å². The number of aliphatic hydroxyl groups excluding tert-OH is 2. The number of hydrogen-bond acceptors (Lipinski definition) is 4. The molecule has 0 spiro atoms. The van der Waals surface area contributed by atoms with Crippen molar-refractivity contribution in [2.45, 2.75) is 83.7 Å². The summed E-state index contributed by atoms with van der Waals surface area (Å²) in [6, 6.07) is 0. The van der Waals surface area contributed by atoms with E-state index in [1.165, 1.54) is 38.5 Å². The van der Waals surface area contributed by atoms with Gasteiger partial charge < -0.3 is 14.9 Å². The molecule has 2 N–H and O–H groups in total. The number of carbonyl (C=O) groups excluding carboxylic acids is 1. The highest BCUT2D eigenvalue weighted by molar-refractivity contribution is 5.69. The fourth-order valence-electron chi connectivity index (χ4n) is 2.12. The van der Waals surface area contributed by atoms with E-state index in [9.17, 15) is 4.79 Å². The van der Waals surface area contributed by atoms with E-state index in [2.05, 4.69) is 19.1 Å². The van der Waals surface area contributed by atoms with Crippen LogP contribution in [-0.4, -0.2) is 35.5 Å². The van der Waals surface area contributed by atoms with Crippen molar-refractivity contribution in [1.82, 2.24) is 0 Å². The van der Waals surface area contributed by atoms with Gasteiger partial charge >= 0.3 is 5.97 Å². The van der Waals surface area contributed by atoms with E-state index in [0.29, 0.717) is 6.42 Å². The Morgan fingerprint density at radius 3 is 2.18 bits per heavy atom. The highest BCUT2D eigenvalue weighted by atomic mass is 16.5. The summed E-state index contributed by atoms with van der Waals surface area (Å²) < 4.78 is 4.83. The molecule has 0 amide bonds. The SMILES string of the molecule is CCCCCCC/C=C\CCCCCC(=O)OC[C@H](O)CO. The van der Waals surface area contributed by atoms with Gasteiger partial charge in [-0.1, -0.05) is 51.2 Å². The third-order valence-electron chi connectivity index (χ3n) is 3.54. The van der Waals surface area contributed by atoms with Crippen molar-refractivity contribution >= 4 is 5.97 Å². The van der Waals surface area contributed by atoms with Gasteiger partial charge in [0.25, 0.3) is 0 Å². The van der Waals surface area contributed by atoms with Crippen LogP contribution in [0.2, 0.25) is 0 Å². The van der Waals surface area contributed by atoms with Gasteiger partial charge in [-0.15, -0.1) is 0 Å². The van der Waals surface area contributed by atoms with Crippen LogP contribution in [0.4, 0.5) is 0 Å². The molecule has 4 heteroatoms. The van der Waals surface area contributed by atoms with Gasteiger partial charge in [-0.3, -0.25) is 4.79 Å². The minimum absolute atomic E-state index is 0.115. The Morgan fingerprint density at radius 2 is 1.59 bits per heavy atom. The maximum Gasteiger partial charge on any atom is 0.305 e. The number of esters is 1. The van der Waals surface area contributed by atoms with Crippen molar-refractivity contribution in [1.29, 1.82) is 0 Å². The van der Waals surface area contributed by atoms with Gasteiger partial charge in [-0.2, -0.15) is 0 Å². The first-order valence-electron chi connectivity index (χ1n) is 8.80. The van der Waals surface area contributed by atoms with Crippen LogP contribution in [-0.2, 0) is 9.53 Å². The lowest BCUT2D eigenvalue weighted by Crippen LogP contribution is -2.21. The van der Waals surface area contributed by atoms with E-state index < -0.39 is 6.10 Å². The monoisotopic (exact) mass is 314 g/mol. The molecule has 0 rings (SSSR count). The lowest BCUT2D eigenvalue weighted by atomic mass is 10.1. The lowest BCUT2D eigenvalue weighted by molar-refractivity contribution is -0.147. The molecule has 0 aromatic carbocycles. The molecular formula is C18H34O4. The third-order valence-corrected chi connectivity index (χ3v) is 3.54. The fraction of sp³-hybridized carbons (Fsp3) is 0.833. The molecule has 0 unspecified atom stereocenters. The number of unbranched alkanes of at least 4 members (excludes halogenated alkanes) is 8. The topological polar surface area (TPSA) is 66.8 Å². The van der Waals surface area contributed by atoms with E-state index in [0.717, 1.165) is 25.7 Å². The first-order valence-corrected chi connectivity index (χ1v) is 8.80. The predicted octanol–water partition coefficient (Wildman–Crippen LogP) is 3.75. The van der Waals surface area contributed by atoms with Crippen molar-refractivity contribution in [3.63, 3.8) is 0 Å². The van der Waals surface area contributed by atoms with Crippen LogP contribution in [0.1, 0.15) is 77.6 Å². The Hall–Kier alpha value is -0.870. The van der Waals surface area contributed by atoms with Crippen molar-refractivity contribution in [3.8, 4) is 0 Å². The van der Waals surface area contributed by atoms with Crippen molar-refractivity contribution in [3.05, 3.63) is 12.2 Å². The average Bonchev–Trinajstić information content (AvgIpc) is 2.53. The molecule has 0 aromatic rings. The van der Waals surface area contributed by atoms with Crippen LogP contribution in [0.5, 0.6) is 0 Å². The van der Waals surface area contributed by atoms with E-state index in [1.54, 1.807) is 0 Å². The first kappa shape index (κ1) is 21.1. The predicted molar refractivity (Wildman–Crippen MR) is 89.7 cm³/mol. The maximum atomic E-state index is 11.3. The van der Waals surface area contributed by atoms with E-state index in [-0.39, 0.29) is 19.2 Å². The second-order valence-electron chi connectivity index (χ2n) is 5.79. The summed E-state index contributed by atoms with van der Waals surface area (Å²) in [5, 5.41) is 17.6. The summed E-state index contributed by atoms with van der Waals surface area (Å²) in [5.74, 6) is -0.296. The zero-order valence-corrected chi connectivity index (χ0v) is 14.1. The van der Waals surface area contributed by atoms with E-state index in [1.807, 2.05) is 0 Å². The van der Waals surface area contributed by atoms with Gasteiger partial charge in [0.2, 0.25) is 0 Å².